The van der Waals surface area contributed by atoms with E-state index in [1.165, 1.54) is 0 Å². The van der Waals surface area contributed by atoms with Crippen molar-refractivity contribution in [3.63, 3.8) is 0 Å². The number of hydrogen-bond acceptors (Lipinski definition) is 5. The molecular formula is C21H23N3O2S. The Morgan fingerprint density at radius 1 is 1.30 bits per heavy atom. The van der Waals surface area contributed by atoms with E-state index in [-0.39, 0.29) is 17.7 Å². The van der Waals surface area contributed by atoms with E-state index in [0.29, 0.717) is 18.3 Å². The van der Waals surface area contributed by atoms with Crippen LogP contribution in [-0.2, 0) is 4.79 Å². The minimum atomic E-state index is -0.0889. The first kappa shape index (κ1) is 17.9. The average molecular weight is 382 g/mol. The van der Waals surface area contributed by atoms with Crippen molar-refractivity contribution in [3.8, 4) is 11.5 Å². The lowest BCUT2D eigenvalue weighted by Gasteiger charge is -2.33. The van der Waals surface area contributed by atoms with Crippen LogP contribution in [0.5, 0.6) is 0 Å². The van der Waals surface area contributed by atoms with Crippen molar-refractivity contribution in [2.75, 3.05) is 13.1 Å². The molecule has 1 fully saturated rings. The van der Waals surface area contributed by atoms with Crippen LogP contribution in [0.25, 0.3) is 11.5 Å². The molecule has 3 heterocycles. The molecule has 5 nitrogen and oxygen atoms in total. The molecule has 4 rings (SSSR count). The van der Waals surface area contributed by atoms with E-state index < -0.39 is 0 Å². The molecule has 0 radical (unpaired) electrons. The Morgan fingerprint density at radius 2 is 2.15 bits per heavy atom. The zero-order valence-corrected chi connectivity index (χ0v) is 16.2. The number of carbonyl (C=O) groups excluding carboxylic acids is 1. The SMILES string of the molecule is CCC(C(=O)N1CCCC(c2nnc(-c3ccsc3)o2)C1)c1ccccc1. The Hall–Kier alpha value is -2.47. The molecular weight excluding hydrogens is 358 g/mol. The molecule has 1 aliphatic heterocycles. The fourth-order valence-electron chi connectivity index (χ4n) is 3.74. The minimum absolute atomic E-state index is 0.0889. The predicted molar refractivity (Wildman–Crippen MR) is 106 cm³/mol. The van der Waals surface area contributed by atoms with Crippen molar-refractivity contribution in [2.24, 2.45) is 0 Å². The van der Waals surface area contributed by atoms with Crippen molar-refractivity contribution in [1.29, 1.82) is 0 Å². The summed E-state index contributed by atoms with van der Waals surface area (Å²) in [5, 5.41) is 12.4. The van der Waals surface area contributed by atoms with Gasteiger partial charge < -0.3 is 9.32 Å². The zero-order chi connectivity index (χ0) is 18.6. The van der Waals surface area contributed by atoms with Crippen molar-refractivity contribution in [3.05, 3.63) is 58.6 Å². The van der Waals surface area contributed by atoms with E-state index in [9.17, 15) is 4.79 Å². The molecule has 0 saturated carbocycles. The Bertz CT molecular complexity index is 876. The highest BCUT2D eigenvalue weighted by atomic mass is 32.1. The first-order valence-electron chi connectivity index (χ1n) is 9.46. The van der Waals surface area contributed by atoms with Crippen LogP contribution in [0.3, 0.4) is 0 Å². The average Bonchev–Trinajstić information content (AvgIpc) is 3.41. The fraction of sp³-hybridized carbons (Fsp3) is 0.381. The molecule has 1 saturated heterocycles. The van der Waals surface area contributed by atoms with Crippen LogP contribution in [0.1, 0.15) is 49.5 Å². The third kappa shape index (κ3) is 3.81. The summed E-state index contributed by atoms with van der Waals surface area (Å²) in [4.78, 5) is 15.1. The summed E-state index contributed by atoms with van der Waals surface area (Å²) in [6, 6.07) is 12.0. The third-order valence-electron chi connectivity index (χ3n) is 5.20. The van der Waals surface area contributed by atoms with Gasteiger partial charge in [0.1, 0.15) is 0 Å². The molecule has 0 bridgehead atoms. The predicted octanol–water partition coefficient (Wildman–Crippen LogP) is 4.70. The summed E-state index contributed by atoms with van der Waals surface area (Å²) in [6.07, 6.45) is 2.72. The highest BCUT2D eigenvalue weighted by Gasteiger charge is 2.31. The topological polar surface area (TPSA) is 59.2 Å². The number of benzene rings is 1. The van der Waals surface area contributed by atoms with Gasteiger partial charge in [0.25, 0.3) is 0 Å². The summed E-state index contributed by atoms with van der Waals surface area (Å²) >= 11 is 1.61. The summed E-state index contributed by atoms with van der Waals surface area (Å²) in [6.45, 7) is 3.51. The van der Waals surface area contributed by atoms with Gasteiger partial charge in [0.2, 0.25) is 17.7 Å². The van der Waals surface area contributed by atoms with Gasteiger partial charge in [0.05, 0.1) is 11.8 Å². The Kier molecular flexibility index (Phi) is 5.34. The summed E-state index contributed by atoms with van der Waals surface area (Å²) in [5.41, 5.74) is 2.04. The number of hydrogen-bond donors (Lipinski definition) is 0. The van der Waals surface area contributed by atoms with Gasteiger partial charge in [-0.1, -0.05) is 37.3 Å². The summed E-state index contributed by atoms with van der Waals surface area (Å²) in [5.74, 6) is 1.42. The smallest absolute Gasteiger partial charge is 0.248 e. The first-order chi connectivity index (χ1) is 13.3. The highest BCUT2D eigenvalue weighted by molar-refractivity contribution is 7.08. The molecule has 1 amide bonds. The third-order valence-corrected chi connectivity index (χ3v) is 5.88. The minimum Gasteiger partial charge on any atom is -0.420 e. The maximum Gasteiger partial charge on any atom is 0.248 e. The maximum absolute atomic E-state index is 13.2. The molecule has 140 valence electrons. The molecule has 27 heavy (non-hydrogen) atoms. The first-order valence-corrected chi connectivity index (χ1v) is 10.4. The Balaban J connectivity index is 1.48. The molecule has 2 unspecified atom stereocenters. The standard InChI is InChI=1S/C21H23N3O2S/c1-2-18(15-7-4-3-5-8-15)21(25)24-11-6-9-16(13-24)19-22-23-20(26-19)17-10-12-27-14-17/h3-5,7-8,10,12,14,16,18H,2,6,9,11,13H2,1H3. The van der Waals surface area contributed by atoms with Gasteiger partial charge >= 0.3 is 0 Å². The molecule has 1 aromatic carbocycles. The molecule has 3 aromatic rings. The van der Waals surface area contributed by atoms with E-state index in [4.69, 9.17) is 4.42 Å². The second kappa shape index (κ2) is 8.05. The van der Waals surface area contributed by atoms with Crippen LogP contribution in [-0.4, -0.2) is 34.1 Å². The lowest BCUT2D eigenvalue weighted by molar-refractivity contribution is -0.134. The Morgan fingerprint density at radius 3 is 2.89 bits per heavy atom. The summed E-state index contributed by atoms with van der Waals surface area (Å²) in [7, 11) is 0. The van der Waals surface area contributed by atoms with Gasteiger partial charge in [-0.05, 0) is 36.3 Å². The number of thiophene rings is 1. The van der Waals surface area contributed by atoms with E-state index in [2.05, 4.69) is 17.1 Å². The molecule has 2 aromatic heterocycles. The number of amides is 1. The monoisotopic (exact) mass is 381 g/mol. The van der Waals surface area contributed by atoms with Crippen LogP contribution >= 0.6 is 11.3 Å². The van der Waals surface area contributed by atoms with Gasteiger partial charge in [0.15, 0.2) is 0 Å². The van der Waals surface area contributed by atoms with Crippen molar-refractivity contribution in [2.45, 2.75) is 38.0 Å². The van der Waals surface area contributed by atoms with E-state index in [1.54, 1.807) is 11.3 Å². The molecule has 2 atom stereocenters. The fourth-order valence-corrected chi connectivity index (χ4v) is 4.37. The number of likely N-dealkylation sites (tertiary alicyclic amines) is 1. The van der Waals surface area contributed by atoms with Crippen molar-refractivity contribution < 1.29 is 9.21 Å². The van der Waals surface area contributed by atoms with Crippen molar-refractivity contribution in [1.82, 2.24) is 15.1 Å². The lowest BCUT2D eigenvalue weighted by Crippen LogP contribution is -2.41. The Labute approximate surface area is 163 Å². The quantitative estimate of drug-likeness (QED) is 0.643. The number of carbonyl (C=O) groups is 1. The van der Waals surface area contributed by atoms with E-state index in [0.717, 1.165) is 36.9 Å². The largest absolute Gasteiger partial charge is 0.420 e. The van der Waals surface area contributed by atoms with Gasteiger partial charge in [-0.3, -0.25) is 4.79 Å². The van der Waals surface area contributed by atoms with E-state index >= 15 is 0 Å². The van der Waals surface area contributed by atoms with Gasteiger partial charge in [-0.25, -0.2) is 0 Å². The van der Waals surface area contributed by atoms with Crippen LogP contribution in [0.2, 0.25) is 0 Å². The molecule has 0 spiro atoms. The second-order valence-corrected chi connectivity index (χ2v) is 7.73. The normalized spacial score (nSPS) is 18.4. The number of rotatable bonds is 5. The molecule has 1 aliphatic rings. The molecule has 0 N–H and O–H groups in total. The van der Waals surface area contributed by atoms with Crippen LogP contribution in [0.15, 0.2) is 51.6 Å². The van der Waals surface area contributed by atoms with E-state index in [1.807, 2.05) is 52.1 Å². The van der Waals surface area contributed by atoms with Gasteiger partial charge in [0, 0.05) is 24.0 Å². The van der Waals surface area contributed by atoms with Crippen LogP contribution in [0.4, 0.5) is 0 Å². The zero-order valence-electron chi connectivity index (χ0n) is 15.4. The summed E-state index contributed by atoms with van der Waals surface area (Å²) < 4.78 is 5.91. The molecule has 6 heteroatoms. The lowest BCUT2D eigenvalue weighted by atomic mass is 9.92. The number of piperidine rings is 1. The van der Waals surface area contributed by atoms with Gasteiger partial charge in [-0.15, -0.1) is 10.2 Å². The van der Waals surface area contributed by atoms with Crippen LogP contribution < -0.4 is 0 Å². The van der Waals surface area contributed by atoms with Crippen molar-refractivity contribution >= 4 is 17.2 Å². The number of aromatic nitrogens is 2. The maximum atomic E-state index is 13.2. The van der Waals surface area contributed by atoms with Gasteiger partial charge in [-0.2, -0.15) is 11.3 Å². The second-order valence-electron chi connectivity index (χ2n) is 6.95. The molecule has 0 aliphatic carbocycles. The van der Waals surface area contributed by atoms with Crippen LogP contribution in [0, 0.1) is 0 Å². The highest BCUT2D eigenvalue weighted by Crippen LogP contribution is 2.31. The number of nitrogens with zero attached hydrogens (tertiary/aromatic N) is 3.